The van der Waals surface area contributed by atoms with Gasteiger partial charge in [0.05, 0.1) is 22.5 Å². The van der Waals surface area contributed by atoms with Crippen molar-refractivity contribution in [2.45, 2.75) is 149 Å². The standard InChI is InChI=1S/C39H55F3N6O8/c1-36(2,3)55-34(52)44-18-10-9-11-26(46-35(53)56-37(4,5)6)33(51)54-24-15-12-22(13-16-24)45-27-19-23(14-17-25(27)32(43)50)48-28-20-38(7,8)21-29(49)30(28)31(47-48)39(40,41)42/h14,17,19,22,24,26,45H,9-13,15-16,18,20-21H2,1-8H3,(H2,43,50)(H,44,52)(H,46,53). The lowest BCUT2D eigenvalue weighted by atomic mass is 9.75. The first kappa shape index (κ1) is 43.9. The van der Waals surface area contributed by atoms with Crippen LogP contribution in [0.15, 0.2) is 18.2 Å². The molecule has 2 aliphatic carbocycles. The van der Waals surface area contributed by atoms with Crippen molar-refractivity contribution in [1.82, 2.24) is 20.4 Å². The number of hydrogen-bond acceptors (Lipinski definition) is 10. The minimum Gasteiger partial charge on any atom is -0.461 e. The average Bonchev–Trinajstić information content (AvgIpc) is 3.42. The predicted octanol–water partition coefficient (Wildman–Crippen LogP) is 7.00. The van der Waals surface area contributed by atoms with Crippen LogP contribution in [0, 0.1) is 5.41 Å². The van der Waals surface area contributed by atoms with Crippen LogP contribution in [0.4, 0.5) is 28.4 Å². The minimum absolute atomic E-state index is 0.0455. The van der Waals surface area contributed by atoms with Crippen LogP contribution >= 0.6 is 0 Å². The van der Waals surface area contributed by atoms with Crippen LogP contribution in [0.25, 0.3) is 5.69 Å². The summed E-state index contributed by atoms with van der Waals surface area (Å²) in [6.45, 7) is 14.3. The fraction of sp³-hybridized carbons (Fsp3) is 0.641. The number of nitrogens with one attached hydrogen (secondary N) is 3. The molecule has 0 saturated heterocycles. The molecule has 0 spiro atoms. The number of nitrogens with two attached hydrogens (primary N) is 1. The average molecular weight is 793 g/mol. The first-order valence-corrected chi connectivity index (χ1v) is 18.9. The highest BCUT2D eigenvalue weighted by Crippen LogP contribution is 2.42. The Morgan fingerprint density at radius 1 is 0.946 bits per heavy atom. The van der Waals surface area contributed by atoms with E-state index in [9.17, 15) is 37.1 Å². The molecule has 1 atom stereocenters. The zero-order valence-corrected chi connectivity index (χ0v) is 33.4. The number of fused-ring (bicyclic) bond motifs is 1. The summed E-state index contributed by atoms with van der Waals surface area (Å²) in [5, 5.41) is 12.5. The number of primary amides is 1. The lowest BCUT2D eigenvalue weighted by molar-refractivity contribution is -0.153. The summed E-state index contributed by atoms with van der Waals surface area (Å²) in [5.74, 6) is -2.00. The number of anilines is 1. The van der Waals surface area contributed by atoms with Crippen molar-refractivity contribution in [1.29, 1.82) is 0 Å². The highest BCUT2D eigenvalue weighted by atomic mass is 19.4. The molecule has 0 aliphatic heterocycles. The third-order valence-corrected chi connectivity index (χ3v) is 9.21. The van der Waals surface area contributed by atoms with Gasteiger partial charge in [-0.05, 0) is 117 Å². The molecular formula is C39H55F3N6O8. The number of Topliss-reactive ketones (excluding diaryl/α,β-unsaturated/α-hetero) is 1. The van der Waals surface area contributed by atoms with Gasteiger partial charge in [0, 0.05) is 24.7 Å². The Bertz CT molecular complexity index is 1790. The van der Waals surface area contributed by atoms with E-state index in [0.29, 0.717) is 45.1 Å². The largest absolute Gasteiger partial charge is 0.461 e. The van der Waals surface area contributed by atoms with Crippen LogP contribution in [-0.2, 0) is 31.6 Å². The highest BCUT2D eigenvalue weighted by Gasteiger charge is 2.45. The van der Waals surface area contributed by atoms with Crippen molar-refractivity contribution in [2.75, 3.05) is 11.9 Å². The van der Waals surface area contributed by atoms with Gasteiger partial charge < -0.3 is 35.9 Å². The first-order valence-electron chi connectivity index (χ1n) is 18.9. The third-order valence-electron chi connectivity index (χ3n) is 9.21. The minimum atomic E-state index is -4.85. The Hall–Kier alpha value is -4.83. The number of ketones is 1. The number of ether oxygens (including phenoxy) is 3. The zero-order valence-electron chi connectivity index (χ0n) is 33.4. The number of aromatic nitrogens is 2. The van der Waals surface area contributed by atoms with Gasteiger partial charge in [0.25, 0.3) is 5.91 Å². The fourth-order valence-corrected chi connectivity index (χ4v) is 6.83. The zero-order chi connectivity index (χ0) is 41.8. The Balaban J connectivity index is 1.42. The SMILES string of the molecule is CC1(C)CC(=O)c2c(C(F)(F)F)nn(-c3ccc(C(N)=O)c(NC4CCC(OC(=O)C(CCCCNC(=O)OC(C)(C)C)NC(=O)OC(C)(C)C)CC4)c3)c2C1. The van der Waals surface area contributed by atoms with Crippen molar-refractivity contribution >= 4 is 35.5 Å². The molecule has 5 N–H and O–H groups in total. The molecule has 1 heterocycles. The molecule has 1 unspecified atom stereocenters. The molecule has 1 saturated carbocycles. The lowest BCUT2D eigenvalue weighted by Crippen LogP contribution is -2.45. The number of esters is 1. The van der Waals surface area contributed by atoms with Gasteiger partial charge in [-0.25, -0.2) is 19.1 Å². The molecule has 3 amide bonds. The summed E-state index contributed by atoms with van der Waals surface area (Å²) < 4.78 is 59.8. The van der Waals surface area contributed by atoms with Gasteiger partial charge in [-0.15, -0.1) is 0 Å². The first-order chi connectivity index (χ1) is 25.8. The van der Waals surface area contributed by atoms with Gasteiger partial charge in [0.15, 0.2) is 11.5 Å². The number of rotatable bonds is 12. The van der Waals surface area contributed by atoms with Crippen LogP contribution in [0.3, 0.4) is 0 Å². The number of nitrogens with zero attached hydrogens (tertiary/aromatic N) is 2. The summed E-state index contributed by atoms with van der Waals surface area (Å²) in [6.07, 6.45) is -3.44. The molecule has 1 aromatic heterocycles. The number of alkyl carbamates (subject to hydrolysis) is 2. The van der Waals surface area contributed by atoms with E-state index < -0.39 is 76.0 Å². The lowest BCUT2D eigenvalue weighted by Gasteiger charge is -2.31. The van der Waals surface area contributed by atoms with Gasteiger partial charge in [-0.3, -0.25) is 9.59 Å². The van der Waals surface area contributed by atoms with Gasteiger partial charge in [-0.1, -0.05) is 13.8 Å². The molecule has 1 fully saturated rings. The summed E-state index contributed by atoms with van der Waals surface area (Å²) in [6, 6.07) is 3.14. The van der Waals surface area contributed by atoms with Crippen LogP contribution in [-0.4, -0.2) is 75.6 Å². The van der Waals surface area contributed by atoms with Crippen molar-refractivity contribution in [3.05, 3.63) is 40.7 Å². The van der Waals surface area contributed by atoms with Crippen molar-refractivity contribution in [3.8, 4) is 5.69 Å². The number of halogens is 3. The molecule has 14 nitrogen and oxygen atoms in total. The van der Waals surface area contributed by atoms with Gasteiger partial charge in [0.2, 0.25) is 0 Å². The van der Waals surface area contributed by atoms with E-state index in [1.54, 1.807) is 41.5 Å². The van der Waals surface area contributed by atoms with Crippen molar-refractivity contribution < 1.29 is 51.4 Å². The van der Waals surface area contributed by atoms with Gasteiger partial charge in [-0.2, -0.15) is 18.3 Å². The topological polar surface area (TPSA) is 193 Å². The van der Waals surface area contributed by atoms with E-state index in [4.69, 9.17) is 19.9 Å². The fourth-order valence-electron chi connectivity index (χ4n) is 6.83. The van der Waals surface area contributed by atoms with E-state index >= 15 is 0 Å². The maximum absolute atomic E-state index is 14.1. The number of carbonyl (C=O) groups is 5. The number of carbonyl (C=O) groups excluding carboxylic acids is 5. The molecule has 2 aromatic rings. The second kappa shape index (κ2) is 17.1. The number of unbranched alkanes of at least 4 members (excludes halogenated alkanes) is 1. The summed E-state index contributed by atoms with van der Waals surface area (Å²) >= 11 is 0. The van der Waals surface area contributed by atoms with E-state index in [-0.39, 0.29) is 47.9 Å². The third kappa shape index (κ3) is 12.3. The molecule has 1 aromatic carbocycles. The predicted molar refractivity (Wildman–Crippen MR) is 201 cm³/mol. The Kier molecular flexibility index (Phi) is 13.4. The summed E-state index contributed by atoms with van der Waals surface area (Å²) in [5.41, 5.74) is 2.76. The second-order valence-corrected chi connectivity index (χ2v) is 17.3. The van der Waals surface area contributed by atoms with Crippen LogP contribution in [0.1, 0.15) is 139 Å². The van der Waals surface area contributed by atoms with E-state index in [1.165, 1.54) is 18.2 Å². The molecule has 17 heteroatoms. The summed E-state index contributed by atoms with van der Waals surface area (Å²) in [7, 11) is 0. The van der Waals surface area contributed by atoms with Crippen LogP contribution < -0.4 is 21.7 Å². The molecule has 2 aliphatic rings. The Morgan fingerprint density at radius 2 is 1.57 bits per heavy atom. The van der Waals surface area contributed by atoms with E-state index in [1.807, 2.05) is 13.8 Å². The van der Waals surface area contributed by atoms with E-state index in [0.717, 1.165) is 4.68 Å². The van der Waals surface area contributed by atoms with Gasteiger partial charge in [0.1, 0.15) is 23.3 Å². The Morgan fingerprint density at radius 3 is 2.16 bits per heavy atom. The quantitative estimate of drug-likeness (QED) is 0.0988. The Labute approximate surface area is 325 Å². The highest BCUT2D eigenvalue weighted by molar-refractivity contribution is 6.00. The molecule has 4 rings (SSSR count). The molecule has 0 bridgehead atoms. The molecule has 0 radical (unpaired) electrons. The molecule has 310 valence electrons. The van der Waals surface area contributed by atoms with Crippen LogP contribution in [0.5, 0.6) is 0 Å². The maximum Gasteiger partial charge on any atom is 0.435 e. The number of amides is 3. The number of hydrogen-bond donors (Lipinski definition) is 4. The second-order valence-electron chi connectivity index (χ2n) is 17.3. The monoisotopic (exact) mass is 792 g/mol. The maximum atomic E-state index is 14.1. The number of benzene rings is 1. The van der Waals surface area contributed by atoms with E-state index in [2.05, 4.69) is 21.0 Å². The summed E-state index contributed by atoms with van der Waals surface area (Å²) in [4.78, 5) is 63.3. The molecule has 56 heavy (non-hydrogen) atoms. The van der Waals surface area contributed by atoms with Crippen LogP contribution in [0.2, 0.25) is 0 Å². The van der Waals surface area contributed by atoms with Crippen molar-refractivity contribution in [3.63, 3.8) is 0 Å². The van der Waals surface area contributed by atoms with Gasteiger partial charge >= 0.3 is 24.3 Å². The normalized spacial score (nSPS) is 18.9. The molecular weight excluding hydrogens is 737 g/mol. The van der Waals surface area contributed by atoms with Crippen molar-refractivity contribution in [2.24, 2.45) is 11.1 Å². The number of alkyl halides is 3. The smallest absolute Gasteiger partial charge is 0.435 e.